The molecule has 0 N–H and O–H groups in total. The second-order valence-corrected chi connectivity index (χ2v) is 3.78. The third-order valence-electron chi connectivity index (χ3n) is 2.44. The SMILES string of the molecule is C=C(C)C(=O)CN1CCN(C)CC1. The van der Waals surface area contributed by atoms with Crippen LogP contribution < -0.4 is 0 Å². The molecule has 1 aliphatic rings. The van der Waals surface area contributed by atoms with Crippen LogP contribution in [-0.4, -0.2) is 55.4 Å². The van der Waals surface area contributed by atoms with E-state index in [2.05, 4.69) is 23.4 Å². The number of rotatable bonds is 3. The molecule has 0 aliphatic carbocycles. The summed E-state index contributed by atoms with van der Waals surface area (Å²) in [6.07, 6.45) is 0. The Bertz CT molecular complexity index is 205. The summed E-state index contributed by atoms with van der Waals surface area (Å²) < 4.78 is 0. The van der Waals surface area contributed by atoms with Crippen molar-refractivity contribution in [1.29, 1.82) is 0 Å². The number of likely N-dealkylation sites (N-methyl/N-ethyl adjacent to an activating group) is 1. The minimum atomic E-state index is 0.171. The maximum Gasteiger partial charge on any atom is 0.171 e. The molecule has 0 saturated carbocycles. The molecule has 13 heavy (non-hydrogen) atoms. The molecule has 1 rings (SSSR count). The zero-order valence-electron chi connectivity index (χ0n) is 8.55. The van der Waals surface area contributed by atoms with Gasteiger partial charge >= 0.3 is 0 Å². The average molecular weight is 182 g/mol. The smallest absolute Gasteiger partial charge is 0.171 e. The van der Waals surface area contributed by atoms with Gasteiger partial charge in [-0.3, -0.25) is 9.69 Å². The molecule has 74 valence electrons. The van der Waals surface area contributed by atoms with Crippen molar-refractivity contribution in [2.45, 2.75) is 6.92 Å². The lowest BCUT2D eigenvalue weighted by molar-refractivity contribution is -0.117. The van der Waals surface area contributed by atoms with Crippen LogP contribution in [0.15, 0.2) is 12.2 Å². The summed E-state index contributed by atoms with van der Waals surface area (Å²) in [6, 6.07) is 0. The molecule has 1 saturated heterocycles. The molecular formula is C10H18N2O. The molecule has 1 fully saturated rings. The van der Waals surface area contributed by atoms with Gasteiger partial charge < -0.3 is 4.90 Å². The molecule has 0 atom stereocenters. The van der Waals surface area contributed by atoms with E-state index >= 15 is 0 Å². The van der Waals surface area contributed by atoms with Crippen molar-refractivity contribution in [2.75, 3.05) is 39.8 Å². The Hall–Kier alpha value is -0.670. The van der Waals surface area contributed by atoms with E-state index in [1.165, 1.54) is 0 Å². The van der Waals surface area contributed by atoms with Gasteiger partial charge in [-0.2, -0.15) is 0 Å². The van der Waals surface area contributed by atoms with Gasteiger partial charge in [-0.25, -0.2) is 0 Å². The van der Waals surface area contributed by atoms with E-state index in [0.29, 0.717) is 12.1 Å². The van der Waals surface area contributed by atoms with Gasteiger partial charge in [-0.05, 0) is 19.5 Å². The van der Waals surface area contributed by atoms with Crippen LogP contribution in [0.1, 0.15) is 6.92 Å². The molecule has 3 heteroatoms. The maximum atomic E-state index is 11.3. The first-order valence-corrected chi connectivity index (χ1v) is 4.69. The summed E-state index contributed by atoms with van der Waals surface area (Å²) in [5.74, 6) is 0.171. The quantitative estimate of drug-likeness (QED) is 0.589. The van der Waals surface area contributed by atoms with Crippen LogP contribution >= 0.6 is 0 Å². The van der Waals surface area contributed by atoms with Gasteiger partial charge in [0.1, 0.15) is 0 Å². The summed E-state index contributed by atoms with van der Waals surface area (Å²) in [5.41, 5.74) is 0.666. The number of hydrogen-bond acceptors (Lipinski definition) is 3. The lowest BCUT2D eigenvalue weighted by Crippen LogP contribution is -2.46. The fourth-order valence-electron chi connectivity index (χ4n) is 1.34. The second kappa shape index (κ2) is 4.53. The van der Waals surface area contributed by atoms with Gasteiger partial charge in [0.2, 0.25) is 0 Å². The molecule has 0 aromatic carbocycles. The first-order chi connectivity index (χ1) is 6.09. The summed E-state index contributed by atoms with van der Waals surface area (Å²) in [4.78, 5) is 15.8. The van der Waals surface area contributed by atoms with Crippen LogP contribution in [-0.2, 0) is 4.79 Å². The summed E-state index contributed by atoms with van der Waals surface area (Å²) in [7, 11) is 2.11. The Labute approximate surface area is 80.0 Å². The van der Waals surface area contributed by atoms with E-state index in [-0.39, 0.29) is 5.78 Å². The largest absolute Gasteiger partial charge is 0.304 e. The highest BCUT2D eigenvalue weighted by molar-refractivity contribution is 5.95. The highest BCUT2D eigenvalue weighted by Crippen LogP contribution is 2.00. The third kappa shape index (κ3) is 3.28. The highest BCUT2D eigenvalue weighted by Gasteiger charge is 2.16. The second-order valence-electron chi connectivity index (χ2n) is 3.78. The lowest BCUT2D eigenvalue weighted by Gasteiger charge is -2.31. The van der Waals surface area contributed by atoms with Crippen LogP contribution in [0.2, 0.25) is 0 Å². The van der Waals surface area contributed by atoms with E-state index in [4.69, 9.17) is 0 Å². The number of hydrogen-bond donors (Lipinski definition) is 0. The van der Waals surface area contributed by atoms with E-state index in [0.717, 1.165) is 26.2 Å². The Morgan fingerprint density at radius 3 is 2.31 bits per heavy atom. The molecule has 3 nitrogen and oxygen atoms in total. The molecule has 1 heterocycles. The molecule has 0 amide bonds. The van der Waals surface area contributed by atoms with Gasteiger partial charge in [-0.1, -0.05) is 6.58 Å². The predicted octanol–water partition coefficient (Wildman–Crippen LogP) is 0.379. The van der Waals surface area contributed by atoms with Gasteiger partial charge in [0, 0.05) is 26.2 Å². The van der Waals surface area contributed by atoms with Crippen LogP contribution in [0, 0.1) is 0 Å². The van der Waals surface area contributed by atoms with Gasteiger partial charge in [0.15, 0.2) is 5.78 Å². The Kier molecular flexibility index (Phi) is 3.63. The molecule has 0 unspecified atom stereocenters. The number of ketones is 1. The van der Waals surface area contributed by atoms with E-state index in [9.17, 15) is 4.79 Å². The number of carbonyl (C=O) groups excluding carboxylic acids is 1. The van der Waals surface area contributed by atoms with Crippen LogP contribution in [0.25, 0.3) is 0 Å². The standard InChI is InChI=1S/C10H18N2O/c1-9(2)10(13)8-12-6-4-11(3)5-7-12/h1,4-8H2,2-3H3. The van der Waals surface area contributed by atoms with Gasteiger partial charge in [0.25, 0.3) is 0 Å². The van der Waals surface area contributed by atoms with Crippen LogP contribution in [0.3, 0.4) is 0 Å². The lowest BCUT2D eigenvalue weighted by atomic mass is 10.2. The van der Waals surface area contributed by atoms with Crippen LogP contribution in [0.4, 0.5) is 0 Å². The van der Waals surface area contributed by atoms with Gasteiger partial charge in [0.05, 0.1) is 6.54 Å². The minimum Gasteiger partial charge on any atom is -0.304 e. The zero-order chi connectivity index (χ0) is 9.84. The summed E-state index contributed by atoms with van der Waals surface area (Å²) in [6.45, 7) is 10.1. The van der Waals surface area contributed by atoms with E-state index in [1.54, 1.807) is 6.92 Å². The van der Waals surface area contributed by atoms with Crippen molar-refractivity contribution in [1.82, 2.24) is 9.80 Å². The van der Waals surface area contributed by atoms with Crippen molar-refractivity contribution in [3.8, 4) is 0 Å². The third-order valence-corrected chi connectivity index (χ3v) is 2.44. The predicted molar refractivity (Wildman–Crippen MR) is 53.8 cm³/mol. The van der Waals surface area contributed by atoms with E-state index < -0.39 is 0 Å². The van der Waals surface area contributed by atoms with Gasteiger partial charge in [-0.15, -0.1) is 0 Å². The minimum absolute atomic E-state index is 0.171. The average Bonchev–Trinajstić information content (AvgIpc) is 2.08. The fraction of sp³-hybridized carbons (Fsp3) is 0.700. The molecule has 0 spiro atoms. The normalized spacial score (nSPS) is 20.2. The topological polar surface area (TPSA) is 23.6 Å². The van der Waals surface area contributed by atoms with Crippen molar-refractivity contribution in [2.24, 2.45) is 0 Å². The molecule has 0 aromatic heterocycles. The first kappa shape index (κ1) is 10.4. The number of nitrogens with zero attached hydrogens (tertiary/aromatic N) is 2. The van der Waals surface area contributed by atoms with Crippen molar-refractivity contribution < 1.29 is 4.79 Å². The number of Topliss-reactive ketones (excluding diaryl/α,β-unsaturated/α-hetero) is 1. The Morgan fingerprint density at radius 1 is 1.31 bits per heavy atom. The number of piperazine rings is 1. The Balaban J connectivity index is 2.30. The van der Waals surface area contributed by atoms with Crippen molar-refractivity contribution >= 4 is 5.78 Å². The molecule has 0 bridgehead atoms. The summed E-state index contributed by atoms with van der Waals surface area (Å²) >= 11 is 0. The molecular weight excluding hydrogens is 164 g/mol. The van der Waals surface area contributed by atoms with Crippen molar-refractivity contribution in [3.63, 3.8) is 0 Å². The molecule has 0 aromatic rings. The molecule has 1 aliphatic heterocycles. The highest BCUT2D eigenvalue weighted by atomic mass is 16.1. The Morgan fingerprint density at radius 2 is 1.85 bits per heavy atom. The monoisotopic (exact) mass is 182 g/mol. The molecule has 0 radical (unpaired) electrons. The maximum absolute atomic E-state index is 11.3. The number of carbonyl (C=O) groups is 1. The zero-order valence-corrected chi connectivity index (χ0v) is 8.55. The fourth-order valence-corrected chi connectivity index (χ4v) is 1.34. The van der Waals surface area contributed by atoms with Crippen LogP contribution in [0.5, 0.6) is 0 Å². The first-order valence-electron chi connectivity index (χ1n) is 4.69. The van der Waals surface area contributed by atoms with E-state index in [1.807, 2.05) is 0 Å². The summed E-state index contributed by atoms with van der Waals surface area (Å²) in [5, 5.41) is 0. The van der Waals surface area contributed by atoms with Crippen molar-refractivity contribution in [3.05, 3.63) is 12.2 Å².